The van der Waals surface area contributed by atoms with Crippen molar-refractivity contribution in [2.75, 3.05) is 6.54 Å². The SMILES string of the molecule is CC1C(N)CCCN1C(N)=O. The zero-order chi connectivity index (χ0) is 8.43. The predicted octanol–water partition coefficient (Wildman–Crippen LogP) is -0.123. The molecule has 2 atom stereocenters. The maximum atomic E-state index is 10.8. The number of amides is 2. The van der Waals surface area contributed by atoms with E-state index in [1.807, 2.05) is 6.92 Å². The van der Waals surface area contributed by atoms with Gasteiger partial charge in [0.05, 0.1) is 0 Å². The van der Waals surface area contributed by atoms with Crippen molar-refractivity contribution in [2.24, 2.45) is 11.5 Å². The summed E-state index contributed by atoms with van der Waals surface area (Å²) in [5.41, 5.74) is 10.9. The fourth-order valence-corrected chi connectivity index (χ4v) is 1.48. The van der Waals surface area contributed by atoms with Crippen molar-refractivity contribution in [3.63, 3.8) is 0 Å². The van der Waals surface area contributed by atoms with E-state index in [0.29, 0.717) is 0 Å². The molecule has 1 aliphatic rings. The smallest absolute Gasteiger partial charge is 0.315 e. The highest BCUT2D eigenvalue weighted by Crippen LogP contribution is 2.14. The number of primary amides is 1. The summed E-state index contributed by atoms with van der Waals surface area (Å²) in [5, 5.41) is 0. The molecule has 0 aromatic rings. The van der Waals surface area contributed by atoms with E-state index in [-0.39, 0.29) is 18.1 Å². The van der Waals surface area contributed by atoms with Crippen molar-refractivity contribution in [3.05, 3.63) is 0 Å². The molecule has 1 rings (SSSR count). The maximum Gasteiger partial charge on any atom is 0.315 e. The van der Waals surface area contributed by atoms with E-state index in [0.717, 1.165) is 19.4 Å². The summed E-state index contributed by atoms with van der Waals surface area (Å²) in [7, 11) is 0. The van der Waals surface area contributed by atoms with E-state index >= 15 is 0 Å². The van der Waals surface area contributed by atoms with Crippen molar-refractivity contribution in [1.82, 2.24) is 4.90 Å². The Morgan fingerprint density at radius 3 is 2.73 bits per heavy atom. The third-order valence-electron chi connectivity index (χ3n) is 2.33. The van der Waals surface area contributed by atoms with Crippen LogP contribution in [0.2, 0.25) is 0 Å². The fourth-order valence-electron chi connectivity index (χ4n) is 1.48. The lowest BCUT2D eigenvalue weighted by Gasteiger charge is -2.36. The molecule has 1 fully saturated rings. The first-order valence-electron chi connectivity index (χ1n) is 3.94. The summed E-state index contributed by atoms with van der Waals surface area (Å²) in [5.74, 6) is 0. The van der Waals surface area contributed by atoms with Crippen molar-refractivity contribution in [3.8, 4) is 0 Å². The molecule has 1 saturated heterocycles. The molecule has 2 amide bonds. The standard InChI is InChI=1S/C7H15N3O/c1-5-6(8)3-2-4-10(5)7(9)11/h5-6H,2-4,8H2,1H3,(H2,9,11). The number of rotatable bonds is 0. The quantitative estimate of drug-likeness (QED) is 0.514. The Labute approximate surface area is 66.5 Å². The first kappa shape index (κ1) is 8.33. The molecule has 11 heavy (non-hydrogen) atoms. The Balaban J connectivity index is 2.58. The molecule has 0 saturated carbocycles. The van der Waals surface area contributed by atoms with E-state index in [2.05, 4.69) is 0 Å². The van der Waals surface area contributed by atoms with E-state index < -0.39 is 0 Å². The molecule has 2 unspecified atom stereocenters. The number of urea groups is 1. The van der Waals surface area contributed by atoms with E-state index in [1.54, 1.807) is 4.90 Å². The van der Waals surface area contributed by atoms with Crippen LogP contribution in [0.25, 0.3) is 0 Å². The Bertz CT molecular complexity index is 160. The molecule has 4 nitrogen and oxygen atoms in total. The van der Waals surface area contributed by atoms with Gasteiger partial charge in [0.1, 0.15) is 0 Å². The molecule has 1 aliphatic heterocycles. The average molecular weight is 157 g/mol. The third kappa shape index (κ3) is 1.63. The molecule has 0 spiro atoms. The number of likely N-dealkylation sites (tertiary alicyclic amines) is 1. The number of nitrogens with two attached hydrogens (primary N) is 2. The van der Waals surface area contributed by atoms with Gasteiger partial charge < -0.3 is 16.4 Å². The van der Waals surface area contributed by atoms with Gasteiger partial charge in [-0.1, -0.05) is 0 Å². The van der Waals surface area contributed by atoms with Gasteiger partial charge in [-0.2, -0.15) is 0 Å². The third-order valence-corrected chi connectivity index (χ3v) is 2.33. The number of nitrogens with zero attached hydrogens (tertiary/aromatic N) is 1. The Hall–Kier alpha value is -0.770. The number of carbonyl (C=O) groups excluding carboxylic acids is 1. The lowest BCUT2D eigenvalue weighted by molar-refractivity contribution is 0.154. The highest BCUT2D eigenvalue weighted by atomic mass is 16.2. The number of hydrogen-bond acceptors (Lipinski definition) is 2. The minimum Gasteiger partial charge on any atom is -0.351 e. The summed E-state index contributed by atoms with van der Waals surface area (Å²) < 4.78 is 0. The lowest BCUT2D eigenvalue weighted by Crippen LogP contribution is -2.54. The Morgan fingerprint density at radius 1 is 1.64 bits per heavy atom. The van der Waals surface area contributed by atoms with Crippen LogP contribution < -0.4 is 11.5 Å². The molecule has 0 bridgehead atoms. The zero-order valence-corrected chi connectivity index (χ0v) is 6.79. The first-order chi connectivity index (χ1) is 5.13. The summed E-state index contributed by atoms with van der Waals surface area (Å²) in [4.78, 5) is 12.4. The van der Waals surface area contributed by atoms with Crippen LogP contribution in [0.3, 0.4) is 0 Å². The first-order valence-corrected chi connectivity index (χ1v) is 3.94. The van der Waals surface area contributed by atoms with Crippen molar-refractivity contribution in [1.29, 1.82) is 0 Å². The van der Waals surface area contributed by atoms with Gasteiger partial charge in [-0.25, -0.2) is 4.79 Å². The number of hydrogen-bond donors (Lipinski definition) is 2. The second-order valence-corrected chi connectivity index (χ2v) is 3.08. The summed E-state index contributed by atoms with van der Waals surface area (Å²) in [6.07, 6.45) is 1.96. The molecule has 4 heteroatoms. The average Bonchev–Trinajstić information content (AvgIpc) is 1.94. The van der Waals surface area contributed by atoms with Crippen LogP contribution in [0.1, 0.15) is 19.8 Å². The van der Waals surface area contributed by atoms with Gasteiger partial charge >= 0.3 is 6.03 Å². The summed E-state index contributed by atoms with van der Waals surface area (Å²) in [6, 6.07) is -0.162. The number of carbonyl (C=O) groups is 1. The van der Waals surface area contributed by atoms with Crippen LogP contribution in [-0.2, 0) is 0 Å². The molecule has 0 radical (unpaired) electrons. The minimum atomic E-state index is -0.354. The molecule has 0 aromatic heterocycles. The second kappa shape index (κ2) is 3.09. The predicted molar refractivity (Wildman–Crippen MR) is 43.0 cm³/mol. The second-order valence-electron chi connectivity index (χ2n) is 3.08. The van der Waals surface area contributed by atoms with Crippen LogP contribution in [0.15, 0.2) is 0 Å². The van der Waals surface area contributed by atoms with E-state index in [9.17, 15) is 4.79 Å². The summed E-state index contributed by atoms with van der Waals surface area (Å²) >= 11 is 0. The molecule has 64 valence electrons. The molecular formula is C7H15N3O. The van der Waals surface area contributed by atoms with Gasteiger partial charge in [0.15, 0.2) is 0 Å². The van der Waals surface area contributed by atoms with Gasteiger partial charge in [0.25, 0.3) is 0 Å². The van der Waals surface area contributed by atoms with Gasteiger partial charge in [0.2, 0.25) is 0 Å². The largest absolute Gasteiger partial charge is 0.351 e. The lowest BCUT2D eigenvalue weighted by atomic mass is 9.99. The Morgan fingerprint density at radius 2 is 2.27 bits per heavy atom. The summed E-state index contributed by atoms with van der Waals surface area (Å²) in [6.45, 7) is 2.69. The van der Waals surface area contributed by atoms with E-state index in [4.69, 9.17) is 11.5 Å². The number of piperidine rings is 1. The molecule has 1 heterocycles. The minimum absolute atomic E-state index is 0.0937. The van der Waals surface area contributed by atoms with E-state index in [1.165, 1.54) is 0 Å². The van der Waals surface area contributed by atoms with Crippen LogP contribution in [0.5, 0.6) is 0 Å². The molecular weight excluding hydrogens is 142 g/mol. The molecule has 4 N–H and O–H groups in total. The van der Waals surface area contributed by atoms with Crippen LogP contribution in [0.4, 0.5) is 4.79 Å². The Kier molecular flexibility index (Phi) is 2.34. The normalized spacial score (nSPS) is 32.0. The van der Waals surface area contributed by atoms with Gasteiger partial charge in [-0.3, -0.25) is 0 Å². The highest BCUT2D eigenvalue weighted by Gasteiger charge is 2.26. The van der Waals surface area contributed by atoms with Crippen LogP contribution >= 0.6 is 0 Å². The van der Waals surface area contributed by atoms with Gasteiger partial charge in [-0.05, 0) is 19.8 Å². The van der Waals surface area contributed by atoms with Crippen molar-refractivity contribution in [2.45, 2.75) is 31.8 Å². The van der Waals surface area contributed by atoms with Gasteiger partial charge in [0, 0.05) is 18.6 Å². The molecule has 0 aromatic carbocycles. The van der Waals surface area contributed by atoms with Crippen molar-refractivity contribution < 1.29 is 4.79 Å². The zero-order valence-electron chi connectivity index (χ0n) is 6.79. The highest BCUT2D eigenvalue weighted by molar-refractivity contribution is 5.72. The fraction of sp³-hybridized carbons (Fsp3) is 0.857. The maximum absolute atomic E-state index is 10.8. The van der Waals surface area contributed by atoms with Crippen molar-refractivity contribution >= 4 is 6.03 Å². The van der Waals surface area contributed by atoms with Gasteiger partial charge in [-0.15, -0.1) is 0 Å². The van der Waals surface area contributed by atoms with Crippen LogP contribution in [-0.4, -0.2) is 29.6 Å². The monoisotopic (exact) mass is 157 g/mol. The van der Waals surface area contributed by atoms with Crippen LogP contribution in [0, 0.1) is 0 Å². The topological polar surface area (TPSA) is 72.3 Å². The molecule has 0 aliphatic carbocycles.